The van der Waals surface area contributed by atoms with E-state index in [1.165, 1.54) is 0 Å². The number of methoxy groups -OCH3 is 1. The first-order valence-electron chi connectivity index (χ1n) is 8.84. The molecular formula is C22H19N3O3. The van der Waals surface area contributed by atoms with Gasteiger partial charge in [0, 0.05) is 11.1 Å². The van der Waals surface area contributed by atoms with Crippen LogP contribution in [0.2, 0.25) is 0 Å². The number of amides is 1. The van der Waals surface area contributed by atoms with E-state index in [1.807, 2.05) is 66.7 Å². The molecule has 6 nitrogen and oxygen atoms in total. The maximum atomic E-state index is 12.8. The molecule has 2 N–H and O–H groups in total. The number of aromatic nitrogens is 2. The summed E-state index contributed by atoms with van der Waals surface area (Å²) in [5, 5.41) is 2.82. The van der Waals surface area contributed by atoms with Crippen molar-refractivity contribution in [2.45, 2.75) is 6.61 Å². The van der Waals surface area contributed by atoms with Gasteiger partial charge in [0.1, 0.15) is 6.61 Å². The lowest BCUT2D eigenvalue weighted by atomic mass is 10.1. The van der Waals surface area contributed by atoms with Crippen LogP contribution in [-0.4, -0.2) is 23.0 Å². The molecule has 0 aliphatic carbocycles. The molecule has 0 aliphatic rings. The van der Waals surface area contributed by atoms with E-state index in [4.69, 9.17) is 9.47 Å². The van der Waals surface area contributed by atoms with Gasteiger partial charge >= 0.3 is 0 Å². The van der Waals surface area contributed by atoms with Crippen molar-refractivity contribution in [3.8, 4) is 11.5 Å². The maximum Gasteiger partial charge on any atom is 0.258 e. The van der Waals surface area contributed by atoms with E-state index in [9.17, 15) is 4.79 Å². The fraction of sp³-hybridized carbons (Fsp3) is 0.0909. The summed E-state index contributed by atoms with van der Waals surface area (Å²) < 4.78 is 11.2. The van der Waals surface area contributed by atoms with Gasteiger partial charge in [-0.05, 0) is 30.3 Å². The Morgan fingerprint density at radius 3 is 2.50 bits per heavy atom. The molecule has 0 aliphatic heterocycles. The number of hydrogen-bond acceptors (Lipinski definition) is 4. The number of carbonyl (C=O) groups is 1. The van der Waals surface area contributed by atoms with E-state index in [0.29, 0.717) is 23.0 Å². The highest BCUT2D eigenvalue weighted by Crippen LogP contribution is 2.27. The van der Waals surface area contributed by atoms with Crippen LogP contribution in [0.25, 0.3) is 11.0 Å². The second kappa shape index (κ2) is 7.84. The summed E-state index contributed by atoms with van der Waals surface area (Å²) in [6, 6.07) is 22.3. The Hall–Kier alpha value is -3.80. The minimum atomic E-state index is -0.252. The van der Waals surface area contributed by atoms with Gasteiger partial charge in [0.25, 0.3) is 5.91 Å². The van der Waals surface area contributed by atoms with Crippen LogP contribution in [-0.2, 0) is 6.61 Å². The van der Waals surface area contributed by atoms with Crippen molar-refractivity contribution < 1.29 is 14.3 Å². The molecule has 140 valence electrons. The number of hydrogen-bond donors (Lipinski definition) is 2. The molecule has 6 heteroatoms. The third kappa shape index (κ3) is 3.66. The number of carbonyl (C=O) groups excluding carboxylic acids is 1. The largest absolute Gasteiger partial charge is 0.493 e. The van der Waals surface area contributed by atoms with Crippen LogP contribution >= 0.6 is 0 Å². The van der Waals surface area contributed by atoms with Gasteiger partial charge in [0.15, 0.2) is 11.5 Å². The molecule has 1 amide bonds. The van der Waals surface area contributed by atoms with E-state index in [1.54, 1.807) is 13.2 Å². The Morgan fingerprint density at radius 1 is 0.964 bits per heavy atom. The highest BCUT2D eigenvalue weighted by Gasteiger charge is 2.14. The number of fused-ring (bicyclic) bond motifs is 1. The second-order valence-corrected chi connectivity index (χ2v) is 6.15. The molecule has 1 heterocycles. The fourth-order valence-electron chi connectivity index (χ4n) is 2.95. The van der Waals surface area contributed by atoms with Crippen molar-refractivity contribution >= 4 is 22.9 Å². The number of benzene rings is 3. The molecule has 4 rings (SSSR count). The van der Waals surface area contributed by atoms with E-state index in [0.717, 1.165) is 16.6 Å². The molecule has 0 bridgehead atoms. The number of rotatable bonds is 6. The van der Waals surface area contributed by atoms with Crippen LogP contribution in [0.15, 0.2) is 72.8 Å². The molecule has 0 saturated carbocycles. The highest BCUT2D eigenvalue weighted by molar-refractivity contribution is 6.05. The molecule has 1 aromatic heterocycles. The summed E-state index contributed by atoms with van der Waals surface area (Å²) in [5.74, 6) is 1.43. The predicted molar refractivity (Wildman–Crippen MR) is 108 cm³/mol. The zero-order chi connectivity index (χ0) is 19.3. The zero-order valence-electron chi connectivity index (χ0n) is 15.3. The van der Waals surface area contributed by atoms with Gasteiger partial charge in [0.05, 0.1) is 18.1 Å². The van der Waals surface area contributed by atoms with E-state index >= 15 is 0 Å². The van der Waals surface area contributed by atoms with Gasteiger partial charge in [-0.2, -0.15) is 0 Å². The number of anilines is 1. The molecule has 0 saturated heterocycles. The minimum absolute atomic E-state index is 0.240. The van der Waals surface area contributed by atoms with Gasteiger partial charge in [0.2, 0.25) is 5.95 Å². The quantitative estimate of drug-likeness (QED) is 0.525. The molecule has 0 atom stereocenters. The number of H-pyrrole nitrogens is 1. The average molecular weight is 373 g/mol. The molecule has 0 unspecified atom stereocenters. The number of ether oxygens (including phenoxy) is 2. The van der Waals surface area contributed by atoms with Gasteiger partial charge in [-0.15, -0.1) is 0 Å². The van der Waals surface area contributed by atoms with Crippen molar-refractivity contribution in [3.05, 3.63) is 83.9 Å². The standard InChI is InChI=1S/C22H19N3O3/c1-27-19-12-6-7-13-20(19)28-14-15-8-2-3-9-16(15)21(26)25-22-23-17-10-4-5-11-18(17)24-22/h2-13H,14H2,1H3,(H2,23,24,25,26). The van der Waals surface area contributed by atoms with Gasteiger partial charge in [-0.25, -0.2) is 4.98 Å². The summed E-state index contributed by atoms with van der Waals surface area (Å²) in [7, 11) is 1.59. The maximum absolute atomic E-state index is 12.8. The van der Waals surface area contributed by atoms with Crippen molar-refractivity contribution in [1.82, 2.24) is 9.97 Å². The Bertz CT molecular complexity index is 1090. The number of imidazole rings is 1. The van der Waals surface area contributed by atoms with Gasteiger partial charge in [-0.1, -0.05) is 42.5 Å². The van der Waals surface area contributed by atoms with Gasteiger partial charge in [-0.3, -0.25) is 10.1 Å². The summed E-state index contributed by atoms with van der Waals surface area (Å²) in [6.07, 6.45) is 0. The van der Waals surface area contributed by atoms with Crippen molar-refractivity contribution in [2.24, 2.45) is 0 Å². The van der Waals surface area contributed by atoms with Gasteiger partial charge < -0.3 is 14.5 Å². The lowest BCUT2D eigenvalue weighted by Crippen LogP contribution is -2.16. The Labute approximate surface area is 162 Å². The summed E-state index contributed by atoms with van der Waals surface area (Å²) >= 11 is 0. The smallest absolute Gasteiger partial charge is 0.258 e. The predicted octanol–water partition coefficient (Wildman–Crippen LogP) is 4.40. The van der Waals surface area contributed by atoms with Crippen LogP contribution < -0.4 is 14.8 Å². The first kappa shape index (κ1) is 17.6. The van der Waals surface area contributed by atoms with Crippen LogP contribution in [0.1, 0.15) is 15.9 Å². The first-order valence-corrected chi connectivity index (χ1v) is 8.84. The normalized spacial score (nSPS) is 10.6. The Kier molecular flexibility index (Phi) is 4.93. The highest BCUT2D eigenvalue weighted by atomic mass is 16.5. The third-order valence-electron chi connectivity index (χ3n) is 4.34. The van der Waals surface area contributed by atoms with E-state index < -0.39 is 0 Å². The molecular weight excluding hydrogens is 354 g/mol. The molecule has 28 heavy (non-hydrogen) atoms. The van der Waals surface area contributed by atoms with Crippen LogP contribution in [0, 0.1) is 0 Å². The third-order valence-corrected chi connectivity index (χ3v) is 4.34. The summed E-state index contributed by atoms with van der Waals surface area (Å²) in [6.45, 7) is 0.240. The lowest BCUT2D eigenvalue weighted by Gasteiger charge is -2.12. The summed E-state index contributed by atoms with van der Waals surface area (Å²) in [5.41, 5.74) is 2.95. The number of nitrogens with one attached hydrogen (secondary N) is 2. The second-order valence-electron chi connectivity index (χ2n) is 6.15. The first-order chi connectivity index (χ1) is 13.7. The molecule has 4 aromatic rings. The van der Waals surface area contributed by atoms with Crippen molar-refractivity contribution in [3.63, 3.8) is 0 Å². The molecule has 0 fully saturated rings. The molecule has 0 radical (unpaired) electrons. The Morgan fingerprint density at radius 2 is 1.68 bits per heavy atom. The van der Waals surface area contributed by atoms with E-state index in [2.05, 4.69) is 15.3 Å². The summed E-state index contributed by atoms with van der Waals surface area (Å²) in [4.78, 5) is 20.3. The van der Waals surface area contributed by atoms with Crippen LogP contribution in [0.3, 0.4) is 0 Å². The SMILES string of the molecule is COc1ccccc1OCc1ccccc1C(=O)Nc1nc2ccccc2[nH]1. The average Bonchev–Trinajstić information content (AvgIpc) is 3.15. The number of nitrogens with zero attached hydrogens (tertiary/aromatic N) is 1. The number of aromatic amines is 1. The monoisotopic (exact) mass is 373 g/mol. The molecule has 3 aromatic carbocycles. The number of para-hydroxylation sites is 4. The van der Waals surface area contributed by atoms with Crippen molar-refractivity contribution in [2.75, 3.05) is 12.4 Å². The minimum Gasteiger partial charge on any atom is -0.493 e. The van der Waals surface area contributed by atoms with E-state index in [-0.39, 0.29) is 12.5 Å². The zero-order valence-corrected chi connectivity index (χ0v) is 15.3. The molecule has 0 spiro atoms. The fourth-order valence-corrected chi connectivity index (χ4v) is 2.95. The van der Waals surface area contributed by atoms with Crippen LogP contribution in [0.4, 0.5) is 5.95 Å². The Balaban J connectivity index is 1.52. The van der Waals surface area contributed by atoms with Crippen LogP contribution in [0.5, 0.6) is 11.5 Å². The lowest BCUT2D eigenvalue weighted by molar-refractivity contribution is 0.102. The van der Waals surface area contributed by atoms with Crippen molar-refractivity contribution in [1.29, 1.82) is 0 Å². The topological polar surface area (TPSA) is 76.2 Å².